The van der Waals surface area contributed by atoms with Crippen LogP contribution in [-0.4, -0.2) is 17.3 Å². The average Bonchev–Trinajstić information content (AvgIpc) is 3.31. The van der Waals surface area contributed by atoms with Gasteiger partial charge in [0.1, 0.15) is 18.2 Å². The summed E-state index contributed by atoms with van der Waals surface area (Å²) in [6, 6.07) is 27.5. The molecule has 1 aromatic heterocycles. The van der Waals surface area contributed by atoms with Crippen molar-refractivity contribution < 1.29 is 14.2 Å². The lowest BCUT2D eigenvalue weighted by Crippen LogP contribution is -2.21. The van der Waals surface area contributed by atoms with Crippen molar-refractivity contribution in [2.45, 2.75) is 12.5 Å². The highest BCUT2D eigenvalue weighted by atomic mass is 16.5. The molecule has 0 aliphatic carbocycles. The molecule has 7 nitrogen and oxygen atoms in total. The normalized spacial score (nSPS) is 14.6. The predicted molar refractivity (Wildman–Crippen MR) is 127 cm³/mol. The molecule has 5 rings (SSSR count). The first-order valence-electron chi connectivity index (χ1n) is 10.8. The number of aromatic nitrogens is 2. The van der Waals surface area contributed by atoms with E-state index in [0.717, 1.165) is 27.9 Å². The molecule has 0 spiro atoms. The van der Waals surface area contributed by atoms with Gasteiger partial charge in [0.05, 0.1) is 24.3 Å². The Balaban J connectivity index is 1.60. The third kappa shape index (κ3) is 3.82. The lowest BCUT2D eigenvalue weighted by atomic mass is 9.83. The zero-order chi connectivity index (χ0) is 23.5. The summed E-state index contributed by atoms with van der Waals surface area (Å²) in [6.07, 6.45) is 0. The number of nitrogens with one attached hydrogen (secondary N) is 1. The van der Waals surface area contributed by atoms with Crippen molar-refractivity contribution in [2.24, 2.45) is 5.73 Å². The van der Waals surface area contributed by atoms with Crippen molar-refractivity contribution in [2.75, 3.05) is 7.11 Å². The first-order valence-corrected chi connectivity index (χ1v) is 10.8. The summed E-state index contributed by atoms with van der Waals surface area (Å²) in [5.41, 5.74) is 10.7. The highest BCUT2D eigenvalue weighted by Crippen LogP contribution is 2.47. The quantitative estimate of drug-likeness (QED) is 0.434. The number of nitriles is 1. The van der Waals surface area contributed by atoms with Crippen LogP contribution in [0.4, 0.5) is 0 Å². The Morgan fingerprint density at radius 1 is 1.03 bits per heavy atom. The topological polar surface area (TPSA) is 106 Å². The number of ether oxygens (including phenoxy) is 3. The summed E-state index contributed by atoms with van der Waals surface area (Å²) in [5, 5.41) is 17.4. The second-order valence-electron chi connectivity index (χ2n) is 7.79. The molecule has 0 fully saturated rings. The van der Waals surface area contributed by atoms with Gasteiger partial charge in [0.2, 0.25) is 11.8 Å². The van der Waals surface area contributed by atoms with Crippen LogP contribution < -0.4 is 19.9 Å². The third-order valence-corrected chi connectivity index (χ3v) is 5.76. The van der Waals surface area contributed by atoms with Crippen molar-refractivity contribution in [3.05, 3.63) is 107 Å². The molecule has 1 atom stereocenters. The van der Waals surface area contributed by atoms with Gasteiger partial charge >= 0.3 is 0 Å². The lowest BCUT2D eigenvalue weighted by molar-refractivity contribution is 0.284. The monoisotopic (exact) mass is 450 g/mol. The van der Waals surface area contributed by atoms with Crippen LogP contribution in [0, 0.1) is 11.3 Å². The highest BCUT2D eigenvalue weighted by Gasteiger charge is 2.36. The molecule has 0 saturated carbocycles. The van der Waals surface area contributed by atoms with Crippen LogP contribution in [0.1, 0.15) is 22.6 Å². The number of hydrogen-bond acceptors (Lipinski definition) is 6. The number of methoxy groups -OCH3 is 1. The van der Waals surface area contributed by atoms with Crippen molar-refractivity contribution in [3.63, 3.8) is 0 Å². The van der Waals surface area contributed by atoms with Crippen LogP contribution >= 0.6 is 0 Å². The number of nitrogens with two attached hydrogens (primary N) is 1. The number of benzene rings is 3. The SMILES string of the molecule is COc1ccc([C@H]2C(C#N)=C(N)Oc3n[nH]c(-c4ccccc4)c32)cc1OCc1ccccc1. The fourth-order valence-electron chi connectivity index (χ4n) is 4.12. The maximum atomic E-state index is 9.99. The van der Waals surface area contributed by atoms with E-state index in [1.165, 1.54) is 0 Å². The molecule has 7 heteroatoms. The van der Waals surface area contributed by atoms with Gasteiger partial charge < -0.3 is 19.9 Å². The van der Waals surface area contributed by atoms with Crippen LogP contribution in [0.3, 0.4) is 0 Å². The van der Waals surface area contributed by atoms with Gasteiger partial charge in [-0.1, -0.05) is 66.7 Å². The zero-order valence-corrected chi connectivity index (χ0v) is 18.5. The van der Waals surface area contributed by atoms with Gasteiger partial charge in [0.25, 0.3) is 0 Å². The molecule has 34 heavy (non-hydrogen) atoms. The summed E-state index contributed by atoms with van der Waals surface area (Å²) >= 11 is 0. The maximum absolute atomic E-state index is 9.99. The van der Waals surface area contributed by atoms with Crippen molar-refractivity contribution >= 4 is 0 Å². The molecule has 0 amide bonds. The van der Waals surface area contributed by atoms with E-state index in [0.29, 0.717) is 29.6 Å². The molecule has 168 valence electrons. The van der Waals surface area contributed by atoms with Gasteiger partial charge in [-0.15, -0.1) is 5.10 Å². The Morgan fingerprint density at radius 3 is 2.47 bits per heavy atom. The first-order chi connectivity index (χ1) is 16.7. The van der Waals surface area contributed by atoms with Crippen LogP contribution in [0.25, 0.3) is 11.3 Å². The number of nitrogens with zero attached hydrogens (tertiary/aromatic N) is 2. The zero-order valence-electron chi connectivity index (χ0n) is 18.5. The minimum Gasteiger partial charge on any atom is -0.493 e. The van der Waals surface area contributed by atoms with Crippen LogP contribution in [-0.2, 0) is 6.61 Å². The Bertz CT molecular complexity index is 1390. The second-order valence-corrected chi connectivity index (χ2v) is 7.79. The predicted octanol–water partition coefficient (Wildman–Crippen LogP) is 4.88. The number of hydrogen-bond donors (Lipinski definition) is 2. The molecule has 4 aromatic rings. The Labute approximate surface area is 197 Å². The van der Waals surface area contributed by atoms with Gasteiger partial charge in [-0.05, 0) is 28.8 Å². The molecular weight excluding hydrogens is 428 g/mol. The fraction of sp³-hybridized carbons (Fsp3) is 0.111. The van der Waals surface area contributed by atoms with E-state index in [1.54, 1.807) is 7.11 Å². The number of aromatic amines is 1. The van der Waals surface area contributed by atoms with Crippen molar-refractivity contribution in [3.8, 4) is 34.7 Å². The summed E-state index contributed by atoms with van der Waals surface area (Å²) in [4.78, 5) is 0. The standard InChI is InChI=1S/C27H22N4O3/c1-32-21-13-12-19(14-22(21)33-16-17-8-4-2-5-9-17)23-20(15-28)26(29)34-27-24(23)25(30-31-27)18-10-6-3-7-11-18/h2-14,23H,16,29H2,1H3,(H,30,31)/t23-/m0/s1. The highest BCUT2D eigenvalue weighted by molar-refractivity contribution is 5.71. The van der Waals surface area contributed by atoms with Crippen LogP contribution in [0.15, 0.2) is 90.3 Å². The molecule has 3 aromatic carbocycles. The van der Waals surface area contributed by atoms with E-state index in [2.05, 4.69) is 16.3 Å². The molecular formula is C27H22N4O3. The largest absolute Gasteiger partial charge is 0.493 e. The fourth-order valence-corrected chi connectivity index (χ4v) is 4.12. The number of H-pyrrole nitrogens is 1. The number of fused-ring (bicyclic) bond motifs is 1. The molecule has 0 bridgehead atoms. The minimum absolute atomic E-state index is 0.0358. The molecule has 2 heterocycles. The van der Waals surface area contributed by atoms with Gasteiger partial charge in [-0.3, -0.25) is 5.10 Å². The number of rotatable bonds is 6. The van der Waals surface area contributed by atoms with E-state index in [1.807, 2.05) is 78.9 Å². The van der Waals surface area contributed by atoms with Gasteiger partial charge in [0, 0.05) is 0 Å². The van der Waals surface area contributed by atoms with Gasteiger partial charge in [0.15, 0.2) is 11.5 Å². The maximum Gasteiger partial charge on any atom is 0.244 e. The molecule has 0 unspecified atom stereocenters. The minimum atomic E-state index is -0.493. The summed E-state index contributed by atoms with van der Waals surface area (Å²) < 4.78 is 17.3. The Hall–Kier alpha value is -4.70. The molecule has 0 radical (unpaired) electrons. The molecule has 3 N–H and O–H groups in total. The number of allylic oxidation sites excluding steroid dienone is 1. The summed E-state index contributed by atoms with van der Waals surface area (Å²) in [7, 11) is 1.60. The Kier molecular flexibility index (Phi) is 5.63. The van der Waals surface area contributed by atoms with Crippen LogP contribution in [0.2, 0.25) is 0 Å². The van der Waals surface area contributed by atoms with E-state index in [9.17, 15) is 5.26 Å². The molecule has 1 aliphatic rings. The van der Waals surface area contributed by atoms with Crippen LogP contribution in [0.5, 0.6) is 17.4 Å². The third-order valence-electron chi connectivity index (χ3n) is 5.76. The summed E-state index contributed by atoms with van der Waals surface area (Å²) in [5.74, 6) is 1.06. The Morgan fingerprint density at radius 2 is 1.76 bits per heavy atom. The molecule has 0 saturated heterocycles. The first kappa shape index (κ1) is 21.2. The van der Waals surface area contributed by atoms with Gasteiger partial charge in [-0.25, -0.2) is 0 Å². The molecule has 1 aliphatic heterocycles. The van der Waals surface area contributed by atoms with E-state index >= 15 is 0 Å². The second kappa shape index (κ2) is 9.04. The lowest BCUT2D eigenvalue weighted by Gasteiger charge is -2.25. The average molecular weight is 450 g/mol. The van der Waals surface area contributed by atoms with E-state index < -0.39 is 5.92 Å². The van der Waals surface area contributed by atoms with Crippen molar-refractivity contribution in [1.29, 1.82) is 5.26 Å². The summed E-state index contributed by atoms with van der Waals surface area (Å²) in [6.45, 7) is 0.379. The van der Waals surface area contributed by atoms with E-state index in [-0.39, 0.29) is 5.88 Å². The van der Waals surface area contributed by atoms with Crippen molar-refractivity contribution in [1.82, 2.24) is 10.2 Å². The smallest absolute Gasteiger partial charge is 0.244 e. The van der Waals surface area contributed by atoms with Gasteiger partial charge in [-0.2, -0.15) is 5.26 Å². The van der Waals surface area contributed by atoms with E-state index in [4.69, 9.17) is 19.9 Å².